The molecule has 2 amide bonds. The Balaban J connectivity index is 1.15. The number of hydrogen-bond donors (Lipinski definition) is 1. The maximum Gasteiger partial charge on any atom is 0.276 e. The summed E-state index contributed by atoms with van der Waals surface area (Å²) < 4.78 is 20.6. The number of aryl methyl sites for hydroxylation is 1. The van der Waals surface area contributed by atoms with E-state index in [-0.39, 0.29) is 23.1 Å². The first kappa shape index (κ1) is 27.7. The van der Waals surface area contributed by atoms with E-state index >= 15 is 0 Å². The molecule has 2 fully saturated rings. The van der Waals surface area contributed by atoms with Crippen molar-refractivity contribution < 1.29 is 18.7 Å². The minimum absolute atomic E-state index is 0.0923. The number of nitrogens with zero attached hydrogens (tertiary/aromatic N) is 3. The summed E-state index contributed by atoms with van der Waals surface area (Å²) in [5.41, 5.74) is 3.83. The van der Waals surface area contributed by atoms with Crippen molar-refractivity contribution in [3.8, 4) is 10.4 Å². The fourth-order valence-electron chi connectivity index (χ4n) is 6.60. The zero-order valence-electron chi connectivity index (χ0n) is 24.1. The Morgan fingerprint density at radius 1 is 1.02 bits per heavy atom. The van der Waals surface area contributed by atoms with Crippen LogP contribution >= 0.6 is 11.3 Å². The number of pyridine rings is 1. The number of hydrogen-bond acceptors (Lipinski definition) is 6. The molecule has 1 saturated carbocycles. The lowest BCUT2D eigenvalue weighted by atomic mass is 10.00. The summed E-state index contributed by atoms with van der Waals surface area (Å²) in [6.07, 6.45) is 5.10. The number of anilines is 3. The Labute approximate surface area is 254 Å². The van der Waals surface area contributed by atoms with Crippen LogP contribution in [0.25, 0.3) is 10.4 Å². The molecule has 1 saturated heterocycles. The third kappa shape index (κ3) is 5.21. The summed E-state index contributed by atoms with van der Waals surface area (Å²) in [5, 5.41) is 2.75. The molecule has 220 valence electrons. The van der Waals surface area contributed by atoms with Crippen molar-refractivity contribution in [3.05, 3.63) is 94.2 Å². The minimum Gasteiger partial charge on any atom is -0.371 e. The summed E-state index contributed by atoms with van der Waals surface area (Å²) in [7, 11) is 0. The molecule has 9 heteroatoms. The normalized spacial score (nSPS) is 17.3. The Morgan fingerprint density at radius 3 is 2.67 bits per heavy atom. The van der Waals surface area contributed by atoms with Gasteiger partial charge in [-0.3, -0.25) is 9.59 Å². The van der Waals surface area contributed by atoms with Crippen LogP contribution < -0.4 is 15.1 Å². The van der Waals surface area contributed by atoms with E-state index in [0.29, 0.717) is 35.7 Å². The lowest BCUT2D eigenvalue weighted by molar-refractivity contribution is -0.0503. The molecule has 0 bridgehead atoms. The summed E-state index contributed by atoms with van der Waals surface area (Å²) in [6, 6.07) is 20.1. The molecule has 0 atom stereocenters. The summed E-state index contributed by atoms with van der Waals surface area (Å²) >= 11 is 1.36. The number of morpholine rings is 1. The standard InChI is InChI=1S/C34H33FN4O3S/c1-22-8-6-10-25(35)30(22)37-32(40)28-20-23-14-17-39(27-12-3-2-9-24(27)31(23)43-28)33(41)26-11-7-13-29(36-26)38-18-19-42-34(21-38)15-4-5-16-34/h2-3,6-13,20H,4-5,14-19,21H2,1H3,(H,37,40). The van der Waals surface area contributed by atoms with Gasteiger partial charge in [0.2, 0.25) is 0 Å². The average Bonchev–Trinajstić information content (AvgIpc) is 3.63. The van der Waals surface area contributed by atoms with Crippen molar-refractivity contribution in [2.75, 3.05) is 41.4 Å². The molecule has 2 aromatic heterocycles. The van der Waals surface area contributed by atoms with E-state index in [1.807, 2.05) is 42.5 Å². The number of ether oxygens (including phenoxy) is 1. The second-order valence-electron chi connectivity index (χ2n) is 11.6. The highest BCUT2D eigenvalue weighted by Gasteiger charge is 2.40. The molecule has 4 aromatic rings. The SMILES string of the molecule is Cc1cccc(F)c1NC(=O)c1cc2c(s1)-c1ccccc1N(C(=O)c1cccc(N3CCOC4(CCCC4)C3)n1)CC2. The highest BCUT2D eigenvalue weighted by Crippen LogP contribution is 2.42. The Kier molecular flexibility index (Phi) is 7.23. The molecule has 0 unspecified atom stereocenters. The monoisotopic (exact) mass is 596 g/mol. The lowest BCUT2D eigenvalue weighted by Crippen LogP contribution is -2.50. The highest BCUT2D eigenvalue weighted by atomic mass is 32.1. The number of para-hydroxylation sites is 2. The Hall–Kier alpha value is -4.08. The number of benzene rings is 2. The molecule has 2 aliphatic heterocycles. The lowest BCUT2D eigenvalue weighted by Gasteiger charge is -2.41. The van der Waals surface area contributed by atoms with E-state index in [1.165, 1.54) is 30.2 Å². The van der Waals surface area contributed by atoms with Crippen LogP contribution in [0.4, 0.5) is 21.6 Å². The average molecular weight is 597 g/mol. The molecule has 7 nitrogen and oxygen atoms in total. The van der Waals surface area contributed by atoms with E-state index in [0.717, 1.165) is 53.4 Å². The first-order valence-corrected chi connectivity index (χ1v) is 15.7. The predicted octanol–water partition coefficient (Wildman–Crippen LogP) is 6.86. The minimum atomic E-state index is -0.463. The van der Waals surface area contributed by atoms with Gasteiger partial charge in [-0.2, -0.15) is 0 Å². The number of nitrogens with one attached hydrogen (secondary N) is 1. The number of halogens is 1. The number of fused-ring (bicyclic) bond motifs is 3. The molecule has 1 aliphatic carbocycles. The van der Waals surface area contributed by atoms with E-state index in [9.17, 15) is 14.0 Å². The summed E-state index contributed by atoms with van der Waals surface area (Å²) in [6.45, 7) is 4.44. The van der Waals surface area contributed by atoms with Crippen LogP contribution in [0.2, 0.25) is 0 Å². The quantitative estimate of drug-likeness (QED) is 0.279. The van der Waals surface area contributed by atoms with Crippen LogP contribution in [0, 0.1) is 12.7 Å². The Bertz CT molecular complexity index is 1690. The van der Waals surface area contributed by atoms with Gasteiger partial charge in [0.15, 0.2) is 0 Å². The van der Waals surface area contributed by atoms with Gasteiger partial charge in [0, 0.05) is 30.1 Å². The predicted molar refractivity (Wildman–Crippen MR) is 168 cm³/mol. The number of thiophene rings is 1. The van der Waals surface area contributed by atoms with Gasteiger partial charge in [0.1, 0.15) is 17.3 Å². The van der Waals surface area contributed by atoms with Gasteiger partial charge in [-0.15, -0.1) is 11.3 Å². The molecule has 0 radical (unpaired) electrons. The molecule has 3 aliphatic rings. The van der Waals surface area contributed by atoms with Gasteiger partial charge in [-0.25, -0.2) is 9.37 Å². The van der Waals surface area contributed by atoms with Crippen LogP contribution in [0.3, 0.4) is 0 Å². The van der Waals surface area contributed by atoms with Gasteiger partial charge in [-0.05, 0) is 67.6 Å². The van der Waals surface area contributed by atoms with Crippen LogP contribution in [0.5, 0.6) is 0 Å². The topological polar surface area (TPSA) is 74.8 Å². The second kappa shape index (κ2) is 11.2. The van der Waals surface area contributed by atoms with Crippen molar-refractivity contribution in [2.24, 2.45) is 0 Å². The number of carbonyl (C=O) groups excluding carboxylic acids is 2. The van der Waals surface area contributed by atoms with Crippen molar-refractivity contribution in [2.45, 2.75) is 44.6 Å². The maximum atomic E-state index is 14.4. The van der Waals surface area contributed by atoms with Crippen LogP contribution in [-0.4, -0.2) is 48.6 Å². The van der Waals surface area contributed by atoms with Crippen LogP contribution in [0.1, 0.15) is 57.0 Å². The summed E-state index contributed by atoms with van der Waals surface area (Å²) in [5.74, 6) is -0.153. The van der Waals surface area contributed by atoms with Crippen molar-refractivity contribution in [1.82, 2.24) is 4.98 Å². The largest absolute Gasteiger partial charge is 0.371 e. The molecule has 4 heterocycles. The molecule has 43 heavy (non-hydrogen) atoms. The van der Waals surface area contributed by atoms with Gasteiger partial charge < -0.3 is 19.9 Å². The van der Waals surface area contributed by atoms with E-state index in [2.05, 4.69) is 10.2 Å². The highest BCUT2D eigenvalue weighted by molar-refractivity contribution is 7.17. The fourth-order valence-corrected chi connectivity index (χ4v) is 7.74. The molecule has 2 aromatic carbocycles. The van der Waals surface area contributed by atoms with Crippen LogP contribution in [-0.2, 0) is 11.2 Å². The molecule has 7 rings (SSSR count). The first-order valence-electron chi connectivity index (χ1n) is 14.9. The van der Waals surface area contributed by atoms with Crippen molar-refractivity contribution in [1.29, 1.82) is 0 Å². The van der Waals surface area contributed by atoms with Crippen LogP contribution in [0.15, 0.2) is 66.7 Å². The smallest absolute Gasteiger partial charge is 0.276 e. The Morgan fingerprint density at radius 2 is 1.84 bits per heavy atom. The van der Waals surface area contributed by atoms with E-state index in [1.54, 1.807) is 30.0 Å². The van der Waals surface area contributed by atoms with E-state index < -0.39 is 5.82 Å². The summed E-state index contributed by atoms with van der Waals surface area (Å²) in [4.78, 5) is 37.6. The maximum absolute atomic E-state index is 14.4. The van der Waals surface area contributed by atoms with Gasteiger partial charge in [0.25, 0.3) is 11.8 Å². The van der Waals surface area contributed by atoms with Crippen molar-refractivity contribution >= 4 is 40.3 Å². The second-order valence-corrected chi connectivity index (χ2v) is 12.7. The number of carbonyl (C=O) groups is 2. The zero-order valence-corrected chi connectivity index (χ0v) is 24.9. The molecule has 1 N–H and O–H groups in total. The first-order chi connectivity index (χ1) is 20.9. The molecular formula is C34H33FN4O3S. The van der Waals surface area contributed by atoms with Gasteiger partial charge in [0.05, 0.1) is 28.5 Å². The van der Waals surface area contributed by atoms with E-state index in [4.69, 9.17) is 9.72 Å². The third-order valence-corrected chi connectivity index (χ3v) is 10.0. The number of aromatic nitrogens is 1. The molecule has 1 spiro atoms. The molecular weight excluding hydrogens is 563 g/mol. The van der Waals surface area contributed by atoms with Gasteiger partial charge in [-0.1, -0.05) is 49.2 Å². The fraction of sp³-hybridized carbons (Fsp3) is 0.324. The number of amides is 2. The van der Waals surface area contributed by atoms with Gasteiger partial charge >= 0.3 is 0 Å². The number of rotatable bonds is 4. The zero-order chi connectivity index (χ0) is 29.6. The third-order valence-electron chi connectivity index (χ3n) is 8.82. The van der Waals surface area contributed by atoms with Crippen molar-refractivity contribution in [3.63, 3.8) is 0 Å².